The van der Waals surface area contributed by atoms with Crippen LogP contribution >= 0.6 is 0 Å². The maximum atomic E-state index is 14.0. The van der Waals surface area contributed by atoms with Gasteiger partial charge in [0.25, 0.3) is 0 Å². The van der Waals surface area contributed by atoms with Gasteiger partial charge < -0.3 is 24.4 Å². The van der Waals surface area contributed by atoms with Crippen LogP contribution < -0.4 is 0 Å². The quantitative estimate of drug-likeness (QED) is 0.0491. The van der Waals surface area contributed by atoms with E-state index < -0.39 is 64.4 Å². The summed E-state index contributed by atoms with van der Waals surface area (Å²) >= 11 is 0. The van der Waals surface area contributed by atoms with Crippen molar-refractivity contribution in [3.05, 3.63) is 12.2 Å². The number of carboxylic acids is 2. The van der Waals surface area contributed by atoms with Crippen molar-refractivity contribution < 1.29 is 53.2 Å². The van der Waals surface area contributed by atoms with E-state index in [-0.39, 0.29) is 65.8 Å². The molecule has 13 atom stereocenters. The third kappa shape index (κ3) is 8.32. The Morgan fingerprint density at radius 1 is 0.879 bits per heavy atom. The molecule has 0 radical (unpaired) electrons. The fourth-order valence-electron chi connectivity index (χ4n) is 14.1. The maximum Gasteiger partial charge on any atom is 0.318 e. The third-order valence-electron chi connectivity index (χ3n) is 16.6. The van der Waals surface area contributed by atoms with Gasteiger partial charge in [0.2, 0.25) is 0 Å². The van der Waals surface area contributed by atoms with Gasteiger partial charge in [-0.15, -0.1) is 0 Å². The van der Waals surface area contributed by atoms with Crippen LogP contribution in [-0.4, -0.2) is 58.7 Å². The fourth-order valence-corrected chi connectivity index (χ4v) is 14.1. The van der Waals surface area contributed by atoms with Gasteiger partial charge in [0.05, 0.1) is 42.3 Å². The molecule has 2 bridgehead atoms. The van der Waals surface area contributed by atoms with Gasteiger partial charge in [-0.3, -0.25) is 28.8 Å². The molecule has 11 heteroatoms. The highest BCUT2D eigenvalue weighted by Gasteiger charge is 2.77. The molecule has 5 aliphatic carbocycles. The number of aliphatic carboxylic acids is 2. The molecule has 2 saturated heterocycles. The van der Waals surface area contributed by atoms with Gasteiger partial charge in [0, 0.05) is 6.42 Å². The first kappa shape index (κ1) is 44.5. The van der Waals surface area contributed by atoms with E-state index in [9.17, 15) is 33.9 Å². The number of hydrogen-bond donors (Lipinski definition) is 2. The Hall–Kier alpha value is -3.08. The van der Waals surface area contributed by atoms with Gasteiger partial charge in [-0.25, -0.2) is 0 Å². The SMILES string of the molecule is CCCC/C=C/C(CCC(CCCCCCCC(=O)O)OCC1C(C(C)C)C2CC3C4(C)CCCC(C)(C(=O)O)C4CCC13C1C(=O)OC(=O)C21)C1CC(=O)OC1=O. The zero-order valence-corrected chi connectivity index (χ0v) is 35.7. The van der Waals surface area contributed by atoms with Gasteiger partial charge in [-0.1, -0.05) is 84.8 Å². The topological polar surface area (TPSA) is 171 Å². The van der Waals surface area contributed by atoms with Gasteiger partial charge in [0.1, 0.15) is 0 Å². The number of hydrogen-bond acceptors (Lipinski definition) is 9. The molecule has 2 heterocycles. The van der Waals surface area contributed by atoms with Crippen LogP contribution in [0, 0.1) is 75.4 Å². The zero-order chi connectivity index (χ0) is 42.0. The van der Waals surface area contributed by atoms with E-state index in [2.05, 4.69) is 39.8 Å². The Morgan fingerprint density at radius 3 is 2.29 bits per heavy atom. The molecule has 0 aromatic rings. The molecule has 0 aromatic carbocycles. The van der Waals surface area contributed by atoms with Crippen LogP contribution in [-0.2, 0) is 43.0 Å². The molecule has 5 saturated carbocycles. The smallest absolute Gasteiger partial charge is 0.318 e. The number of carboxylic acid groups (broad SMARTS) is 2. The Labute approximate surface area is 345 Å². The standard InChI is InChI=1S/C47H70O11/c1-6-7-8-12-16-29(31-26-37(50)57-41(31)51)19-20-30(17-13-10-9-11-14-18-36(48)49)56-27-33-38(28(2)3)32-25-35-45(4)22-15-23-46(5,44(54)55)34(45)21-24-47(33,35)40-39(32)42(52)58-43(40)53/h12,16,28-35,38-40H,6-11,13-15,17-27H2,1-5H3,(H,48,49)(H,54,55)/b16-12+. The molecule has 1 spiro atoms. The van der Waals surface area contributed by atoms with Crippen LogP contribution in [0.4, 0.5) is 0 Å². The third-order valence-corrected chi connectivity index (χ3v) is 16.6. The summed E-state index contributed by atoms with van der Waals surface area (Å²) < 4.78 is 17.7. The first-order valence-electron chi connectivity index (χ1n) is 22.8. The van der Waals surface area contributed by atoms with E-state index in [0.717, 1.165) is 70.6 Å². The van der Waals surface area contributed by atoms with Gasteiger partial charge in [-0.2, -0.15) is 0 Å². The first-order valence-corrected chi connectivity index (χ1v) is 22.8. The normalized spacial score (nSPS) is 37.7. The second-order valence-electron chi connectivity index (χ2n) is 20.0. The summed E-state index contributed by atoms with van der Waals surface area (Å²) in [6.07, 6.45) is 18.1. The lowest BCUT2D eigenvalue weighted by Gasteiger charge is -2.73. The van der Waals surface area contributed by atoms with E-state index in [1.807, 2.05) is 6.92 Å². The molecular weight excluding hydrogens is 741 g/mol. The molecular formula is C47H70O11. The lowest BCUT2D eigenvalue weighted by atomic mass is 9.30. The highest BCUT2D eigenvalue weighted by Crippen LogP contribution is 2.77. The summed E-state index contributed by atoms with van der Waals surface area (Å²) in [6, 6.07) is 0. The van der Waals surface area contributed by atoms with E-state index in [0.29, 0.717) is 45.1 Å². The Morgan fingerprint density at radius 2 is 1.62 bits per heavy atom. The molecule has 2 aliphatic heterocycles. The van der Waals surface area contributed by atoms with E-state index in [1.165, 1.54) is 0 Å². The van der Waals surface area contributed by atoms with E-state index >= 15 is 0 Å². The number of ether oxygens (including phenoxy) is 3. The fraction of sp³-hybridized carbons (Fsp3) is 0.830. The number of carbonyl (C=O) groups is 6. The molecule has 11 nitrogen and oxygen atoms in total. The largest absolute Gasteiger partial charge is 0.481 e. The van der Waals surface area contributed by atoms with Crippen molar-refractivity contribution in [3.63, 3.8) is 0 Å². The van der Waals surface area contributed by atoms with Crippen LogP contribution in [0.15, 0.2) is 12.2 Å². The Balaban J connectivity index is 1.29. The molecule has 2 N–H and O–H groups in total. The number of fused-ring (bicyclic) bond motifs is 2. The van der Waals surface area contributed by atoms with Crippen LogP contribution in [0.3, 0.4) is 0 Å². The molecule has 0 amide bonds. The summed E-state index contributed by atoms with van der Waals surface area (Å²) in [5.41, 5.74) is -1.73. The van der Waals surface area contributed by atoms with Gasteiger partial charge >= 0.3 is 35.8 Å². The lowest BCUT2D eigenvalue weighted by Crippen LogP contribution is -2.71. The zero-order valence-electron chi connectivity index (χ0n) is 35.7. The highest BCUT2D eigenvalue weighted by molar-refractivity contribution is 5.98. The maximum absolute atomic E-state index is 14.0. The van der Waals surface area contributed by atoms with Crippen LogP contribution in [0.5, 0.6) is 0 Å². The molecule has 58 heavy (non-hydrogen) atoms. The number of allylic oxidation sites excluding steroid dienone is 2. The molecule has 7 aliphatic rings. The number of rotatable bonds is 21. The molecule has 7 fully saturated rings. The van der Waals surface area contributed by atoms with Crippen molar-refractivity contribution in [2.45, 2.75) is 163 Å². The Bertz CT molecular complexity index is 1590. The van der Waals surface area contributed by atoms with Crippen LogP contribution in [0.1, 0.15) is 157 Å². The molecule has 7 rings (SSSR count). The summed E-state index contributed by atoms with van der Waals surface area (Å²) in [6.45, 7) is 11.2. The lowest BCUT2D eigenvalue weighted by molar-refractivity contribution is -0.270. The van der Waals surface area contributed by atoms with E-state index in [1.54, 1.807) is 0 Å². The monoisotopic (exact) mass is 810 g/mol. The average Bonchev–Trinajstić information content (AvgIpc) is 3.67. The van der Waals surface area contributed by atoms with Crippen LogP contribution in [0.25, 0.3) is 0 Å². The number of carbonyl (C=O) groups excluding carboxylic acids is 4. The van der Waals surface area contributed by atoms with E-state index in [4.69, 9.17) is 19.3 Å². The number of cyclic esters (lactones) is 4. The van der Waals surface area contributed by atoms with Crippen molar-refractivity contribution >= 4 is 35.8 Å². The first-order chi connectivity index (χ1) is 27.6. The second-order valence-corrected chi connectivity index (χ2v) is 20.0. The predicted molar refractivity (Wildman–Crippen MR) is 215 cm³/mol. The minimum absolute atomic E-state index is 0.0302. The molecule has 0 aromatic heterocycles. The minimum atomic E-state index is -0.850. The summed E-state index contributed by atoms with van der Waals surface area (Å²) in [5, 5.41) is 19.7. The average molecular weight is 811 g/mol. The summed E-state index contributed by atoms with van der Waals surface area (Å²) in [7, 11) is 0. The summed E-state index contributed by atoms with van der Waals surface area (Å²) in [4.78, 5) is 76.6. The molecule has 13 unspecified atom stereocenters. The van der Waals surface area contributed by atoms with Gasteiger partial charge in [-0.05, 0) is 123 Å². The minimum Gasteiger partial charge on any atom is -0.481 e. The summed E-state index contributed by atoms with van der Waals surface area (Å²) in [5.74, 6) is -4.73. The van der Waals surface area contributed by atoms with Crippen molar-refractivity contribution in [3.8, 4) is 0 Å². The van der Waals surface area contributed by atoms with Crippen molar-refractivity contribution in [2.75, 3.05) is 6.61 Å². The second kappa shape index (κ2) is 18.3. The van der Waals surface area contributed by atoms with Crippen molar-refractivity contribution in [1.82, 2.24) is 0 Å². The van der Waals surface area contributed by atoms with Crippen molar-refractivity contribution in [1.29, 1.82) is 0 Å². The van der Waals surface area contributed by atoms with Crippen LogP contribution in [0.2, 0.25) is 0 Å². The number of unbranched alkanes of at least 4 members (excludes halogenated alkanes) is 6. The predicted octanol–water partition coefficient (Wildman–Crippen LogP) is 8.95. The molecule has 324 valence electrons. The highest BCUT2D eigenvalue weighted by atomic mass is 16.6. The van der Waals surface area contributed by atoms with Crippen molar-refractivity contribution in [2.24, 2.45) is 75.4 Å². The number of esters is 4. The van der Waals surface area contributed by atoms with Gasteiger partial charge in [0.15, 0.2) is 0 Å². The Kier molecular flexibility index (Phi) is 14.0.